The van der Waals surface area contributed by atoms with Crippen LogP contribution in [-0.2, 0) is 25.6 Å². The molecule has 0 aliphatic carbocycles. The van der Waals surface area contributed by atoms with Crippen LogP contribution in [-0.4, -0.2) is 51.4 Å². The molecular formula is C24H24N6O5. The Labute approximate surface area is 201 Å². The van der Waals surface area contributed by atoms with Gasteiger partial charge < -0.3 is 20.1 Å². The predicted octanol–water partition coefficient (Wildman–Crippen LogP) is 2.06. The molecular weight excluding hydrogens is 452 g/mol. The highest BCUT2D eigenvalue weighted by Gasteiger charge is 2.34. The minimum Gasteiger partial charge on any atom is -0.463 e. The molecule has 4 rings (SSSR count). The Morgan fingerprint density at radius 1 is 1.06 bits per heavy atom. The number of hydrogen-bond donors (Lipinski definition) is 2. The summed E-state index contributed by atoms with van der Waals surface area (Å²) in [5, 5.41) is 17.3. The molecule has 3 aromatic rings. The van der Waals surface area contributed by atoms with Gasteiger partial charge in [-0.1, -0.05) is 60.2 Å². The average molecular weight is 476 g/mol. The number of tetrazole rings is 1. The molecule has 0 saturated carbocycles. The second kappa shape index (κ2) is 10.6. The Hall–Kier alpha value is -4.54. The van der Waals surface area contributed by atoms with E-state index in [9.17, 15) is 14.4 Å². The molecule has 1 aliphatic heterocycles. The van der Waals surface area contributed by atoms with E-state index < -0.39 is 24.0 Å². The van der Waals surface area contributed by atoms with Gasteiger partial charge in [-0.05, 0) is 24.6 Å². The number of carbonyl (C=O) groups is 3. The summed E-state index contributed by atoms with van der Waals surface area (Å²) in [6.45, 7) is 3.16. The molecule has 2 heterocycles. The van der Waals surface area contributed by atoms with Crippen LogP contribution in [0.3, 0.4) is 0 Å². The molecule has 1 unspecified atom stereocenters. The lowest BCUT2D eigenvalue weighted by molar-refractivity contribution is -0.144. The topological polar surface area (TPSA) is 137 Å². The van der Waals surface area contributed by atoms with Crippen molar-refractivity contribution in [1.82, 2.24) is 30.8 Å². The first-order chi connectivity index (χ1) is 16.9. The highest BCUT2D eigenvalue weighted by Crippen LogP contribution is 2.27. The molecule has 2 aromatic carbocycles. The maximum atomic E-state index is 12.7. The number of nitrogens with zero attached hydrogens (tertiary/aromatic N) is 4. The molecule has 0 fully saturated rings. The van der Waals surface area contributed by atoms with Crippen LogP contribution in [0.5, 0.6) is 0 Å². The lowest BCUT2D eigenvalue weighted by Crippen LogP contribution is -2.47. The lowest BCUT2D eigenvalue weighted by atomic mass is 9.95. The number of aryl methyl sites for hydroxylation is 1. The Bertz CT molecular complexity index is 1250. The molecule has 1 atom stereocenters. The molecule has 2 N–H and O–H groups in total. The monoisotopic (exact) mass is 476 g/mol. The van der Waals surface area contributed by atoms with E-state index in [0.717, 1.165) is 15.9 Å². The molecule has 1 aliphatic rings. The van der Waals surface area contributed by atoms with E-state index in [1.807, 2.05) is 37.3 Å². The molecule has 35 heavy (non-hydrogen) atoms. The number of nitrogens with one attached hydrogen (secondary N) is 2. The van der Waals surface area contributed by atoms with Gasteiger partial charge in [-0.2, -0.15) is 4.80 Å². The van der Waals surface area contributed by atoms with Crippen LogP contribution < -0.4 is 10.6 Å². The zero-order valence-corrected chi connectivity index (χ0v) is 19.2. The van der Waals surface area contributed by atoms with Crippen molar-refractivity contribution >= 4 is 18.0 Å². The van der Waals surface area contributed by atoms with E-state index in [2.05, 4.69) is 26.0 Å². The van der Waals surface area contributed by atoms with Gasteiger partial charge in [0.1, 0.15) is 6.61 Å². The van der Waals surface area contributed by atoms with Crippen LogP contribution in [0, 0.1) is 6.92 Å². The number of benzene rings is 2. The zero-order chi connectivity index (χ0) is 24.8. The van der Waals surface area contributed by atoms with Gasteiger partial charge in [0.2, 0.25) is 5.82 Å². The Morgan fingerprint density at radius 2 is 1.80 bits per heavy atom. The zero-order valence-electron chi connectivity index (χ0n) is 19.2. The third-order valence-corrected chi connectivity index (χ3v) is 5.19. The fourth-order valence-electron chi connectivity index (χ4n) is 3.52. The lowest BCUT2D eigenvalue weighted by Gasteiger charge is -2.29. The van der Waals surface area contributed by atoms with Crippen LogP contribution in [0.1, 0.15) is 24.1 Å². The minimum absolute atomic E-state index is 0.140. The third kappa shape index (κ3) is 5.69. The van der Waals surface area contributed by atoms with E-state index in [-0.39, 0.29) is 31.0 Å². The van der Waals surface area contributed by atoms with Gasteiger partial charge >= 0.3 is 18.0 Å². The fourth-order valence-corrected chi connectivity index (χ4v) is 3.52. The van der Waals surface area contributed by atoms with Crippen LogP contribution in [0.2, 0.25) is 0 Å². The number of carbonyl (C=O) groups excluding carboxylic acids is 3. The van der Waals surface area contributed by atoms with Gasteiger partial charge in [-0.25, -0.2) is 14.4 Å². The second-order valence-electron chi connectivity index (χ2n) is 7.73. The van der Waals surface area contributed by atoms with E-state index in [1.54, 1.807) is 31.2 Å². The van der Waals surface area contributed by atoms with Gasteiger partial charge in [0.25, 0.3) is 0 Å². The van der Waals surface area contributed by atoms with Gasteiger partial charge in [0.15, 0.2) is 6.54 Å². The van der Waals surface area contributed by atoms with Crippen molar-refractivity contribution in [2.75, 3.05) is 13.2 Å². The fraction of sp³-hybridized carbons (Fsp3) is 0.250. The largest absolute Gasteiger partial charge is 0.463 e. The second-order valence-corrected chi connectivity index (χ2v) is 7.73. The normalized spacial score (nSPS) is 15.3. The maximum Gasteiger partial charge on any atom is 0.338 e. The Balaban J connectivity index is 1.49. The first-order valence-corrected chi connectivity index (χ1v) is 11.0. The predicted molar refractivity (Wildman–Crippen MR) is 123 cm³/mol. The smallest absolute Gasteiger partial charge is 0.338 e. The highest BCUT2D eigenvalue weighted by molar-refractivity contribution is 5.95. The van der Waals surface area contributed by atoms with Crippen molar-refractivity contribution in [2.24, 2.45) is 0 Å². The molecule has 11 heteroatoms. The Kier molecular flexibility index (Phi) is 7.15. The summed E-state index contributed by atoms with van der Waals surface area (Å²) in [7, 11) is 0. The summed E-state index contributed by atoms with van der Waals surface area (Å²) in [5.74, 6) is -0.917. The SMILES string of the molecule is CCOC(=O)C1=C(COC(=O)Cn2nnc(-c3ccc(C)cc3)n2)NC(=O)NC1c1ccccc1. The Morgan fingerprint density at radius 3 is 2.51 bits per heavy atom. The first kappa shape index (κ1) is 23.6. The van der Waals surface area contributed by atoms with Crippen molar-refractivity contribution in [2.45, 2.75) is 26.4 Å². The van der Waals surface area contributed by atoms with E-state index in [0.29, 0.717) is 11.4 Å². The quantitative estimate of drug-likeness (QED) is 0.472. The minimum atomic E-state index is -0.758. The van der Waals surface area contributed by atoms with Gasteiger partial charge in [0.05, 0.1) is 23.9 Å². The van der Waals surface area contributed by atoms with Gasteiger partial charge in [-0.3, -0.25) is 0 Å². The molecule has 0 bridgehead atoms. The van der Waals surface area contributed by atoms with Crippen molar-refractivity contribution in [3.63, 3.8) is 0 Å². The summed E-state index contributed by atoms with van der Waals surface area (Å²) in [6, 6.07) is 15.3. The third-order valence-electron chi connectivity index (χ3n) is 5.19. The summed E-state index contributed by atoms with van der Waals surface area (Å²) in [4.78, 5) is 38.6. The summed E-state index contributed by atoms with van der Waals surface area (Å²) in [5.41, 5.74) is 2.85. The van der Waals surface area contributed by atoms with Crippen LogP contribution in [0.15, 0.2) is 65.9 Å². The van der Waals surface area contributed by atoms with E-state index in [4.69, 9.17) is 9.47 Å². The number of urea groups is 1. The average Bonchev–Trinajstić information content (AvgIpc) is 3.31. The number of hydrogen-bond acceptors (Lipinski definition) is 8. The number of ether oxygens (including phenoxy) is 2. The van der Waals surface area contributed by atoms with Gasteiger partial charge in [0, 0.05) is 5.56 Å². The van der Waals surface area contributed by atoms with E-state index in [1.165, 1.54) is 0 Å². The van der Waals surface area contributed by atoms with Gasteiger partial charge in [-0.15, -0.1) is 10.2 Å². The standard InChI is InChI=1S/C24H24N6O5/c1-3-34-23(32)20-18(25-24(33)26-21(20)16-7-5-4-6-8-16)14-35-19(31)13-30-28-22(27-29-30)17-11-9-15(2)10-12-17/h4-12,21H,3,13-14H2,1-2H3,(H2,25,26,33). The maximum absolute atomic E-state index is 12.7. The molecule has 1 aromatic heterocycles. The number of aromatic nitrogens is 4. The summed E-state index contributed by atoms with van der Waals surface area (Å²) < 4.78 is 10.5. The molecule has 0 spiro atoms. The molecule has 11 nitrogen and oxygen atoms in total. The number of esters is 2. The summed E-state index contributed by atoms with van der Waals surface area (Å²) >= 11 is 0. The molecule has 0 radical (unpaired) electrons. The van der Waals surface area contributed by atoms with E-state index >= 15 is 0 Å². The first-order valence-electron chi connectivity index (χ1n) is 11.0. The highest BCUT2D eigenvalue weighted by atomic mass is 16.5. The molecule has 180 valence electrons. The number of rotatable bonds is 8. The summed E-state index contributed by atoms with van der Waals surface area (Å²) in [6.07, 6.45) is 0. The van der Waals surface area contributed by atoms with Crippen molar-refractivity contribution < 1.29 is 23.9 Å². The molecule has 2 amide bonds. The molecule has 0 saturated heterocycles. The van der Waals surface area contributed by atoms with Crippen LogP contribution in [0.4, 0.5) is 4.79 Å². The van der Waals surface area contributed by atoms with Crippen molar-refractivity contribution in [3.05, 3.63) is 77.0 Å². The van der Waals surface area contributed by atoms with Crippen molar-refractivity contribution in [3.8, 4) is 11.4 Å². The van der Waals surface area contributed by atoms with Crippen molar-refractivity contribution in [1.29, 1.82) is 0 Å². The van der Waals surface area contributed by atoms with Crippen LogP contribution in [0.25, 0.3) is 11.4 Å². The van der Waals surface area contributed by atoms with Crippen LogP contribution >= 0.6 is 0 Å². The number of amides is 2.